The highest BCUT2D eigenvalue weighted by atomic mass is 19.1. The van der Waals surface area contributed by atoms with Gasteiger partial charge in [0.15, 0.2) is 5.82 Å². The van der Waals surface area contributed by atoms with Gasteiger partial charge >= 0.3 is 6.03 Å². The zero-order valence-electron chi connectivity index (χ0n) is 28.1. The molecule has 0 saturated heterocycles. The average molecular weight is 674 g/mol. The summed E-state index contributed by atoms with van der Waals surface area (Å²) in [7, 11) is 0. The first kappa shape index (κ1) is 35.3. The van der Waals surface area contributed by atoms with Gasteiger partial charge in [-0.05, 0) is 99.9 Å². The number of hydrogen-bond donors (Lipinski definition) is 3. The van der Waals surface area contributed by atoms with Gasteiger partial charge in [-0.2, -0.15) is 4.98 Å². The zero-order valence-corrected chi connectivity index (χ0v) is 28.1. The number of rotatable bonds is 15. The molecule has 0 atom stereocenters. The van der Waals surface area contributed by atoms with E-state index in [-0.39, 0.29) is 18.3 Å². The third-order valence-corrected chi connectivity index (χ3v) is 8.42. The lowest BCUT2D eigenvalue weighted by Crippen LogP contribution is -2.43. The maximum atomic E-state index is 15.1. The van der Waals surface area contributed by atoms with Crippen molar-refractivity contribution < 1.29 is 22.8 Å². The standard InChI is InChI=1S/C37H42F3N7O2/c1-4-6-19-46(20-7-5-2)21-9-18-41-36-44-32(28-22-25(13-12-24(28)3)35(48)43-27-16-14-26(38)15-17-27)29-23-42-37(49)47(34(29)45-36)33-30(39)10-8-11-31(33)40/h8,10-17,22H,4-7,9,18-21,23H2,1-3H3,(H,42,49)(H,43,48)(H,41,44,45). The van der Waals surface area contributed by atoms with Crippen LogP contribution in [0.25, 0.3) is 11.3 Å². The van der Waals surface area contributed by atoms with Crippen molar-refractivity contribution in [3.05, 3.63) is 94.8 Å². The molecule has 0 fully saturated rings. The maximum absolute atomic E-state index is 15.1. The number of aromatic nitrogens is 2. The van der Waals surface area contributed by atoms with Crippen molar-refractivity contribution in [1.82, 2.24) is 20.2 Å². The summed E-state index contributed by atoms with van der Waals surface area (Å²) in [5.41, 5.74) is 2.35. The van der Waals surface area contributed by atoms with Crippen molar-refractivity contribution in [2.24, 2.45) is 0 Å². The van der Waals surface area contributed by atoms with Gasteiger partial charge in [0.25, 0.3) is 5.91 Å². The minimum atomic E-state index is -0.924. The molecule has 9 nitrogen and oxygen atoms in total. The summed E-state index contributed by atoms with van der Waals surface area (Å²) in [6.07, 6.45) is 5.29. The van der Waals surface area contributed by atoms with Crippen LogP contribution in [0, 0.1) is 24.4 Å². The van der Waals surface area contributed by atoms with E-state index in [2.05, 4.69) is 39.7 Å². The number of aryl methyl sites for hydroxylation is 1. The van der Waals surface area contributed by atoms with Crippen molar-refractivity contribution in [2.75, 3.05) is 41.7 Å². The average Bonchev–Trinajstić information content (AvgIpc) is 3.09. The molecule has 1 aromatic heterocycles. The molecule has 1 aliphatic heterocycles. The number of para-hydroxylation sites is 1. The molecule has 5 rings (SSSR count). The van der Waals surface area contributed by atoms with Crippen LogP contribution in [0.4, 0.5) is 41.1 Å². The Hall–Kier alpha value is -4.97. The highest BCUT2D eigenvalue weighted by molar-refractivity contribution is 6.05. The number of urea groups is 1. The smallest absolute Gasteiger partial charge is 0.328 e. The lowest BCUT2D eigenvalue weighted by atomic mass is 9.97. The molecule has 0 unspecified atom stereocenters. The third kappa shape index (κ3) is 8.55. The fourth-order valence-electron chi connectivity index (χ4n) is 5.73. The molecule has 3 N–H and O–H groups in total. The van der Waals surface area contributed by atoms with Crippen LogP contribution in [0.1, 0.15) is 67.4 Å². The number of benzene rings is 3. The summed E-state index contributed by atoms with van der Waals surface area (Å²) in [6.45, 7) is 9.65. The van der Waals surface area contributed by atoms with E-state index in [0.29, 0.717) is 34.6 Å². The minimum Gasteiger partial charge on any atom is -0.354 e. The Morgan fingerprint density at radius 1 is 0.918 bits per heavy atom. The van der Waals surface area contributed by atoms with E-state index < -0.39 is 35.1 Å². The Kier molecular flexibility index (Phi) is 11.8. The van der Waals surface area contributed by atoms with Crippen molar-refractivity contribution in [2.45, 2.75) is 59.4 Å². The summed E-state index contributed by atoms with van der Waals surface area (Å²) in [4.78, 5) is 39.4. The molecule has 49 heavy (non-hydrogen) atoms. The van der Waals surface area contributed by atoms with Gasteiger partial charge in [0.2, 0.25) is 5.95 Å². The Morgan fingerprint density at radius 2 is 1.59 bits per heavy atom. The Morgan fingerprint density at radius 3 is 2.27 bits per heavy atom. The highest BCUT2D eigenvalue weighted by Gasteiger charge is 2.34. The highest BCUT2D eigenvalue weighted by Crippen LogP contribution is 2.39. The lowest BCUT2D eigenvalue weighted by Gasteiger charge is -2.31. The predicted octanol–water partition coefficient (Wildman–Crippen LogP) is 8.19. The van der Waals surface area contributed by atoms with E-state index in [0.717, 1.165) is 74.3 Å². The number of nitrogens with one attached hydrogen (secondary N) is 3. The molecule has 3 amide bonds. The van der Waals surface area contributed by atoms with Crippen LogP contribution in [0.15, 0.2) is 60.7 Å². The lowest BCUT2D eigenvalue weighted by molar-refractivity contribution is 0.102. The minimum absolute atomic E-state index is 0.00832. The monoisotopic (exact) mass is 673 g/mol. The van der Waals surface area contributed by atoms with E-state index in [1.54, 1.807) is 18.2 Å². The van der Waals surface area contributed by atoms with Crippen LogP contribution < -0.4 is 20.9 Å². The second-order valence-electron chi connectivity index (χ2n) is 12.1. The Labute approximate surface area is 284 Å². The van der Waals surface area contributed by atoms with E-state index in [4.69, 9.17) is 4.98 Å². The molecule has 4 aromatic rings. The number of carbonyl (C=O) groups excluding carboxylic acids is 2. The molecule has 3 aromatic carbocycles. The van der Waals surface area contributed by atoms with Crippen molar-refractivity contribution >= 4 is 35.1 Å². The summed E-state index contributed by atoms with van der Waals surface area (Å²) < 4.78 is 43.7. The quantitative estimate of drug-likeness (QED) is 0.110. The number of anilines is 4. The second-order valence-corrected chi connectivity index (χ2v) is 12.1. The van der Waals surface area contributed by atoms with E-state index in [1.807, 2.05) is 6.92 Å². The van der Waals surface area contributed by atoms with E-state index >= 15 is 8.78 Å². The Balaban J connectivity index is 1.52. The zero-order chi connectivity index (χ0) is 34.9. The Bertz CT molecular complexity index is 1760. The number of amides is 3. The first-order valence-electron chi connectivity index (χ1n) is 16.8. The summed E-state index contributed by atoms with van der Waals surface area (Å²) in [5.74, 6) is -2.48. The van der Waals surface area contributed by atoms with Gasteiger partial charge in [-0.3, -0.25) is 4.79 Å². The molecule has 0 spiro atoms. The van der Waals surface area contributed by atoms with Gasteiger partial charge in [-0.15, -0.1) is 0 Å². The first-order chi connectivity index (χ1) is 23.7. The number of hydrogen-bond acceptors (Lipinski definition) is 6. The second kappa shape index (κ2) is 16.4. The largest absolute Gasteiger partial charge is 0.354 e. The van der Waals surface area contributed by atoms with Gasteiger partial charge in [-0.25, -0.2) is 27.8 Å². The van der Waals surface area contributed by atoms with Crippen molar-refractivity contribution in [3.8, 4) is 11.3 Å². The molecule has 258 valence electrons. The summed E-state index contributed by atoms with van der Waals surface area (Å²) in [6, 6.07) is 13.2. The third-order valence-electron chi connectivity index (χ3n) is 8.42. The molecule has 0 aliphatic carbocycles. The van der Waals surface area contributed by atoms with Gasteiger partial charge in [0.1, 0.15) is 23.1 Å². The van der Waals surface area contributed by atoms with Crippen LogP contribution in [0.2, 0.25) is 0 Å². The predicted molar refractivity (Wildman–Crippen MR) is 187 cm³/mol. The topological polar surface area (TPSA) is 102 Å². The van der Waals surface area contributed by atoms with Crippen molar-refractivity contribution in [3.63, 3.8) is 0 Å². The van der Waals surface area contributed by atoms with Gasteiger partial charge in [0.05, 0.1) is 12.2 Å². The first-order valence-corrected chi connectivity index (χ1v) is 16.8. The molecule has 0 bridgehead atoms. The molecule has 12 heteroatoms. The summed E-state index contributed by atoms with van der Waals surface area (Å²) >= 11 is 0. The molecule has 2 heterocycles. The number of unbranched alkanes of at least 4 members (excludes halogenated alkanes) is 2. The van der Waals surface area contributed by atoms with E-state index in [9.17, 15) is 14.0 Å². The molecular formula is C37H42F3N7O2. The molecule has 1 aliphatic rings. The molecule has 0 saturated carbocycles. The number of halogens is 3. The fourth-order valence-corrected chi connectivity index (χ4v) is 5.73. The van der Waals surface area contributed by atoms with Crippen LogP contribution >= 0.6 is 0 Å². The van der Waals surface area contributed by atoms with Gasteiger partial charge in [0, 0.05) is 28.9 Å². The van der Waals surface area contributed by atoms with Crippen molar-refractivity contribution in [1.29, 1.82) is 0 Å². The number of nitrogens with zero attached hydrogens (tertiary/aromatic N) is 4. The van der Waals surface area contributed by atoms with Crippen LogP contribution in [0.5, 0.6) is 0 Å². The van der Waals surface area contributed by atoms with Crippen LogP contribution in [0.3, 0.4) is 0 Å². The summed E-state index contributed by atoms with van der Waals surface area (Å²) in [5, 5.41) is 8.75. The normalized spacial score (nSPS) is 12.6. The van der Waals surface area contributed by atoms with Gasteiger partial charge < -0.3 is 20.9 Å². The van der Waals surface area contributed by atoms with Crippen LogP contribution in [-0.4, -0.2) is 53.0 Å². The number of carbonyl (C=O) groups is 2. The molecular weight excluding hydrogens is 631 g/mol. The molecule has 0 radical (unpaired) electrons. The fraction of sp³-hybridized carbons (Fsp3) is 0.351. The SMILES string of the molecule is CCCCN(CCCC)CCCNc1nc(-c2cc(C(=O)Nc3ccc(F)cc3)ccc2C)c2c(n1)N(c1c(F)cccc1F)C(=O)NC2. The van der Waals surface area contributed by atoms with Gasteiger partial charge in [-0.1, -0.05) is 38.8 Å². The maximum Gasteiger partial charge on any atom is 0.328 e. The van der Waals surface area contributed by atoms with E-state index in [1.165, 1.54) is 30.3 Å². The van der Waals surface area contributed by atoms with Crippen LogP contribution in [-0.2, 0) is 6.54 Å². The number of fused-ring (bicyclic) bond motifs is 1.